The Balaban J connectivity index is 1.41. The van der Waals surface area contributed by atoms with E-state index in [2.05, 4.69) is 24.5 Å². The number of carbonyl (C=O) groups excluding carboxylic acids is 1. The Bertz CT molecular complexity index is 1570. The van der Waals surface area contributed by atoms with Crippen LogP contribution in [0.1, 0.15) is 42.1 Å². The van der Waals surface area contributed by atoms with Crippen LogP contribution < -0.4 is 5.62 Å². The monoisotopic (exact) mass is 453 g/mol. The second-order valence-corrected chi connectivity index (χ2v) is 8.64. The lowest BCUT2D eigenvalue weighted by Crippen LogP contribution is -2.29. The van der Waals surface area contributed by atoms with Crippen molar-refractivity contribution in [3.05, 3.63) is 78.4 Å². The summed E-state index contributed by atoms with van der Waals surface area (Å²) in [4.78, 5) is 29.9. The zero-order valence-electron chi connectivity index (χ0n) is 18.4. The number of furan rings is 1. The van der Waals surface area contributed by atoms with Crippen molar-refractivity contribution in [3.63, 3.8) is 0 Å². The van der Waals surface area contributed by atoms with Crippen molar-refractivity contribution in [2.75, 3.05) is 0 Å². The summed E-state index contributed by atoms with van der Waals surface area (Å²) in [5.41, 5.74) is 5.56. The van der Waals surface area contributed by atoms with Gasteiger partial charge in [-0.25, -0.2) is 0 Å². The molecule has 0 saturated heterocycles. The Morgan fingerprint density at radius 2 is 1.91 bits per heavy atom. The summed E-state index contributed by atoms with van der Waals surface area (Å²) >= 11 is 0. The van der Waals surface area contributed by atoms with Crippen LogP contribution in [0.2, 0.25) is 0 Å². The Kier molecular flexibility index (Phi) is 5.07. The van der Waals surface area contributed by atoms with Crippen molar-refractivity contribution < 1.29 is 14.3 Å². The van der Waals surface area contributed by atoms with Crippen molar-refractivity contribution >= 4 is 28.0 Å². The number of nitrogens with one attached hydrogen (secondary N) is 1. The Labute approximate surface area is 194 Å². The molecule has 0 spiro atoms. The van der Waals surface area contributed by atoms with E-state index in [9.17, 15) is 9.90 Å². The van der Waals surface area contributed by atoms with E-state index in [1.807, 2.05) is 36.4 Å². The topological polar surface area (TPSA) is 109 Å². The lowest BCUT2D eigenvalue weighted by molar-refractivity contribution is 0.0990. The Morgan fingerprint density at radius 3 is 2.79 bits per heavy atom. The molecule has 6 rings (SSSR count). The van der Waals surface area contributed by atoms with Gasteiger partial charge in [0.05, 0.1) is 28.4 Å². The average molecular weight is 454 g/mol. The molecule has 2 N–H and O–H groups in total. The van der Waals surface area contributed by atoms with Gasteiger partial charge in [0.25, 0.3) is 5.91 Å². The van der Waals surface area contributed by atoms with E-state index in [0.29, 0.717) is 28.0 Å². The molecule has 1 amide bonds. The minimum atomic E-state index is -0.361. The van der Waals surface area contributed by atoms with Crippen LogP contribution >= 0.6 is 0 Å². The van der Waals surface area contributed by atoms with Gasteiger partial charge in [-0.15, -0.1) is 0 Å². The second kappa shape index (κ2) is 8.39. The van der Waals surface area contributed by atoms with E-state index >= 15 is 0 Å². The van der Waals surface area contributed by atoms with E-state index < -0.39 is 0 Å². The van der Waals surface area contributed by atoms with Crippen molar-refractivity contribution in [1.82, 2.24) is 19.5 Å². The first-order valence-corrected chi connectivity index (χ1v) is 11.4. The number of H-pyrrole nitrogens is 1. The Morgan fingerprint density at radius 1 is 1.06 bits per heavy atom. The smallest absolute Gasteiger partial charge is 0.280 e. The number of benzene rings is 1. The van der Waals surface area contributed by atoms with Gasteiger partial charge in [0.15, 0.2) is 5.58 Å². The first kappa shape index (κ1) is 20.6. The quantitative estimate of drug-likeness (QED) is 0.421. The normalized spacial score (nSPS) is 19.1. The molecule has 0 radical (unpaired) electrons. The molecule has 4 heterocycles. The number of rotatable bonds is 3. The summed E-state index contributed by atoms with van der Waals surface area (Å²) in [6.07, 6.45) is 7.80. The van der Waals surface area contributed by atoms with E-state index in [1.165, 1.54) is 0 Å². The third-order valence-electron chi connectivity index (χ3n) is 6.49. The number of hydrogen-bond donors (Lipinski definition) is 2. The van der Waals surface area contributed by atoms with E-state index in [-0.39, 0.29) is 18.1 Å². The zero-order chi connectivity index (χ0) is 23.1. The van der Waals surface area contributed by atoms with Crippen molar-refractivity contribution in [1.29, 1.82) is 0 Å². The van der Waals surface area contributed by atoms with Crippen LogP contribution in [-0.2, 0) is 0 Å². The zero-order valence-corrected chi connectivity index (χ0v) is 18.4. The molecule has 1 fully saturated rings. The molecule has 1 aromatic carbocycles. The molecule has 34 heavy (non-hydrogen) atoms. The highest BCUT2D eigenvalue weighted by atomic mass is 16.3. The van der Waals surface area contributed by atoms with E-state index in [1.54, 1.807) is 30.8 Å². The highest BCUT2D eigenvalue weighted by Gasteiger charge is 2.23. The number of pyridine rings is 2. The predicted molar refractivity (Wildman–Crippen MR) is 127 cm³/mol. The molecule has 0 unspecified atom stereocenters. The number of imidazole rings is 1. The molecule has 0 bridgehead atoms. The van der Waals surface area contributed by atoms with Gasteiger partial charge < -0.3 is 19.1 Å². The average Bonchev–Trinajstić information content (AvgIpc) is 3.46. The van der Waals surface area contributed by atoms with Gasteiger partial charge in [0.1, 0.15) is 11.8 Å². The summed E-state index contributed by atoms with van der Waals surface area (Å²) < 4.78 is 7.69. The maximum Gasteiger partial charge on any atom is 0.280 e. The first-order valence-electron chi connectivity index (χ1n) is 11.4. The lowest BCUT2D eigenvalue weighted by atomic mass is 9.93. The molecule has 5 aromatic rings. The third-order valence-corrected chi connectivity index (χ3v) is 6.49. The maximum absolute atomic E-state index is 13.3. The van der Waals surface area contributed by atoms with Gasteiger partial charge in [0.2, 0.25) is 5.62 Å². The van der Waals surface area contributed by atoms with E-state index in [4.69, 9.17) is 4.42 Å². The summed E-state index contributed by atoms with van der Waals surface area (Å²) in [7, 11) is 0. The van der Waals surface area contributed by atoms with Crippen LogP contribution in [0.3, 0.4) is 0 Å². The van der Waals surface area contributed by atoms with Crippen molar-refractivity contribution in [3.8, 4) is 11.3 Å². The lowest BCUT2D eigenvalue weighted by Gasteiger charge is -2.27. The summed E-state index contributed by atoms with van der Waals surface area (Å²) in [5.74, 6) is -0.361. The number of amides is 1. The molecule has 1 saturated carbocycles. The summed E-state index contributed by atoms with van der Waals surface area (Å²) in [6.45, 7) is 0. The van der Waals surface area contributed by atoms with Crippen LogP contribution in [0.4, 0.5) is 0 Å². The van der Waals surface area contributed by atoms with Crippen LogP contribution in [0.15, 0.2) is 76.6 Å². The number of hydrogen-bond acceptors (Lipinski definition) is 5. The third kappa shape index (κ3) is 3.62. The van der Waals surface area contributed by atoms with E-state index in [0.717, 1.165) is 42.3 Å². The number of aromatic nitrogens is 4. The summed E-state index contributed by atoms with van der Waals surface area (Å²) in [6, 6.07) is 15.1. The molecule has 1 aliphatic carbocycles. The number of carbonyl (C=O) groups is 1. The fourth-order valence-corrected chi connectivity index (χ4v) is 4.77. The molecule has 4 aromatic heterocycles. The molecular weight excluding hydrogens is 430 g/mol. The minimum Gasteiger partial charge on any atom is -0.462 e. The molecule has 1 aliphatic rings. The highest BCUT2D eigenvalue weighted by Crippen LogP contribution is 2.30. The fraction of sp³-hybridized carbons (Fsp3) is 0.231. The van der Waals surface area contributed by atoms with Crippen LogP contribution in [0, 0.1) is 0 Å². The van der Waals surface area contributed by atoms with Gasteiger partial charge in [-0.2, -0.15) is 4.99 Å². The second-order valence-electron chi connectivity index (χ2n) is 8.64. The maximum atomic E-state index is 13.3. The van der Waals surface area contributed by atoms with Gasteiger partial charge in [-0.1, -0.05) is 12.1 Å². The SMILES string of the molecule is O=C(/N=c1\[nH]c2ccccc2n1[C@H]1CC[C@@H](O)CC1)c1ccnc(-c2coc3cccnc23)c1. The minimum absolute atomic E-state index is 0.169. The molecular formula is C26H23N5O3. The molecule has 170 valence electrons. The number of nitrogens with zero attached hydrogens (tertiary/aromatic N) is 4. The number of para-hydroxylation sites is 2. The number of fused-ring (bicyclic) bond motifs is 2. The molecule has 0 aliphatic heterocycles. The van der Waals surface area contributed by atoms with Crippen LogP contribution in [0.25, 0.3) is 33.4 Å². The fourth-order valence-electron chi connectivity index (χ4n) is 4.77. The van der Waals surface area contributed by atoms with Crippen LogP contribution in [0.5, 0.6) is 0 Å². The van der Waals surface area contributed by atoms with Crippen molar-refractivity contribution in [2.24, 2.45) is 4.99 Å². The molecule has 8 nitrogen and oxygen atoms in total. The van der Waals surface area contributed by atoms with Crippen molar-refractivity contribution in [2.45, 2.75) is 37.8 Å². The van der Waals surface area contributed by atoms with Gasteiger partial charge >= 0.3 is 0 Å². The molecule has 8 heteroatoms. The number of aliphatic hydroxyl groups excluding tert-OH is 1. The summed E-state index contributed by atoms with van der Waals surface area (Å²) in [5, 5.41) is 9.96. The standard InChI is InChI=1S/C26H23N5O3/c32-18-9-7-17(8-10-18)31-22-5-2-1-4-20(22)29-26(31)30-25(33)16-11-13-27-21(14-16)19-15-34-23-6-3-12-28-24(19)23/h1-6,11-15,17-18,32H,7-10H2,(H,29,30,33)/t17-,18+. The van der Waals surface area contributed by atoms with Gasteiger partial charge in [-0.05, 0) is 62.1 Å². The number of aliphatic hydroxyl groups is 1. The Hall–Kier alpha value is -4.04. The molecule has 0 atom stereocenters. The first-order chi connectivity index (χ1) is 16.7. The predicted octanol–water partition coefficient (Wildman–Crippen LogP) is 4.39. The largest absolute Gasteiger partial charge is 0.462 e. The van der Waals surface area contributed by atoms with Gasteiger partial charge in [0, 0.05) is 24.0 Å². The van der Waals surface area contributed by atoms with Crippen LogP contribution in [-0.4, -0.2) is 36.6 Å². The number of aromatic amines is 1. The van der Waals surface area contributed by atoms with Gasteiger partial charge in [-0.3, -0.25) is 14.8 Å². The highest BCUT2D eigenvalue weighted by molar-refractivity contribution is 5.97.